The number of methoxy groups -OCH3 is 1. The molecule has 0 unspecified atom stereocenters. The smallest absolute Gasteiger partial charge is 0.336 e. The van der Waals surface area contributed by atoms with Gasteiger partial charge in [-0.25, -0.2) is 4.79 Å². The van der Waals surface area contributed by atoms with Crippen molar-refractivity contribution >= 4 is 34.7 Å². The van der Waals surface area contributed by atoms with E-state index in [9.17, 15) is 9.59 Å². The molecule has 28 heavy (non-hydrogen) atoms. The normalized spacial score (nSPS) is 22.0. The van der Waals surface area contributed by atoms with Crippen LogP contribution in [0.2, 0.25) is 5.02 Å². The highest BCUT2D eigenvalue weighted by atomic mass is 35.5. The summed E-state index contributed by atoms with van der Waals surface area (Å²) in [6.45, 7) is 1.86. The zero-order valence-corrected chi connectivity index (χ0v) is 17.2. The van der Waals surface area contributed by atoms with Crippen LogP contribution in [0.3, 0.4) is 0 Å². The molecule has 2 aromatic rings. The predicted molar refractivity (Wildman–Crippen MR) is 110 cm³/mol. The van der Waals surface area contributed by atoms with Crippen molar-refractivity contribution in [3.63, 3.8) is 0 Å². The van der Waals surface area contributed by atoms with Gasteiger partial charge in [0.2, 0.25) is 0 Å². The van der Waals surface area contributed by atoms with Crippen molar-refractivity contribution in [2.24, 2.45) is 0 Å². The van der Waals surface area contributed by atoms with Gasteiger partial charge in [0.25, 0.3) is 0 Å². The Balaban J connectivity index is 1.82. The largest absolute Gasteiger partial charge is 0.466 e. The lowest BCUT2D eigenvalue weighted by Crippen LogP contribution is -2.35. The van der Waals surface area contributed by atoms with Crippen LogP contribution < -0.4 is 5.32 Å². The Morgan fingerprint density at radius 2 is 1.96 bits per heavy atom. The molecular weight excluding hydrogens is 394 g/mol. The molecule has 1 aliphatic carbocycles. The third kappa shape index (κ3) is 3.29. The first kappa shape index (κ1) is 19.0. The van der Waals surface area contributed by atoms with Crippen LogP contribution in [0.25, 0.3) is 0 Å². The molecule has 0 fully saturated rings. The summed E-state index contributed by atoms with van der Waals surface area (Å²) in [5.41, 5.74) is 3.64. The minimum Gasteiger partial charge on any atom is -0.466 e. The lowest BCUT2D eigenvalue weighted by molar-refractivity contribution is -0.136. The van der Waals surface area contributed by atoms with Gasteiger partial charge in [-0.2, -0.15) is 0 Å². The van der Waals surface area contributed by atoms with E-state index in [1.54, 1.807) is 23.5 Å². The Kier molecular flexibility index (Phi) is 5.13. The van der Waals surface area contributed by atoms with Crippen LogP contribution in [0.1, 0.15) is 42.0 Å². The first-order chi connectivity index (χ1) is 13.5. The van der Waals surface area contributed by atoms with Crippen LogP contribution >= 0.6 is 22.9 Å². The summed E-state index contributed by atoms with van der Waals surface area (Å²) in [5.74, 6) is -0.638. The van der Waals surface area contributed by atoms with Gasteiger partial charge in [0.05, 0.1) is 12.7 Å². The Labute approximate surface area is 172 Å². The molecule has 2 heterocycles. The third-order valence-electron chi connectivity index (χ3n) is 5.38. The summed E-state index contributed by atoms with van der Waals surface area (Å²) in [4.78, 5) is 27.0. The van der Waals surface area contributed by atoms with Crippen molar-refractivity contribution in [3.05, 3.63) is 79.8 Å². The number of thiophene rings is 1. The lowest BCUT2D eigenvalue weighted by atomic mass is 9.72. The summed E-state index contributed by atoms with van der Waals surface area (Å²) >= 11 is 7.73. The highest BCUT2D eigenvalue weighted by Gasteiger charge is 2.41. The van der Waals surface area contributed by atoms with Crippen molar-refractivity contribution in [1.29, 1.82) is 0 Å². The highest BCUT2D eigenvalue weighted by molar-refractivity contribution is 7.10. The Bertz CT molecular complexity index is 989. The Hall–Kier alpha value is -2.37. The number of dihydropyridines is 1. The number of ether oxygens (including phenoxy) is 1. The molecule has 2 aliphatic rings. The number of ketones is 1. The van der Waals surface area contributed by atoms with Crippen molar-refractivity contribution < 1.29 is 14.3 Å². The monoisotopic (exact) mass is 413 g/mol. The molecule has 0 amide bonds. The molecule has 0 saturated heterocycles. The SMILES string of the molecule is COC(=O)C1=C(C)NC2=C(C(=O)C[C@@H](c3cccs3)C2)[C@@H]1c1ccc(Cl)cc1. The first-order valence-electron chi connectivity index (χ1n) is 9.10. The Morgan fingerprint density at radius 3 is 2.61 bits per heavy atom. The highest BCUT2D eigenvalue weighted by Crippen LogP contribution is 2.46. The van der Waals surface area contributed by atoms with Gasteiger partial charge in [-0.15, -0.1) is 11.3 Å². The summed E-state index contributed by atoms with van der Waals surface area (Å²) in [6, 6.07) is 11.4. The van der Waals surface area contributed by atoms with E-state index in [-0.39, 0.29) is 11.7 Å². The average molecular weight is 414 g/mol. The molecule has 4 rings (SSSR count). The number of nitrogens with one attached hydrogen (secondary N) is 1. The fourth-order valence-electron chi connectivity index (χ4n) is 4.13. The first-order valence-corrected chi connectivity index (χ1v) is 10.4. The molecular formula is C22H20ClNO3S. The average Bonchev–Trinajstić information content (AvgIpc) is 3.21. The molecule has 2 atom stereocenters. The standard InChI is InChI=1S/C22H20ClNO3S/c1-12-19(22(26)27-2)20(13-5-7-15(23)8-6-13)21-16(24-12)10-14(11-17(21)25)18-4-3-9-28-18/h3-9,14,20,24H,10-11H2,1-2H3/t14-,20+/m0/s1. The van der Waals surface area contributed by atoms with Crippen molar-refractivity contribution in [2.75, 3.05) is 7.11 Å². The van der Waals surface area contributed by atoms with Gasteiger partial charge in [0.1, 0.15) is 0 Å². The molecule has 1 aromatic carbocycles. The molecule has 6 heteroatoms. The van der Waals surface area contributed by atoms with Crippen LogP contribution in [-0.2, 0) is 14.3 Å². The summed E-state index contributed by atoms with van der Waals surface area (Å²) < 4.78 is 5.04. The van der Waals surface area contributed by atoms with E-state index in [0.29, 0.717) is 22.6 Å². The van der Waals surface area contributed by atoms with Gasteiger partial charge in [-0.05, 0) is 42.5 Å². The van der Waals surface area contributed by atoms with Crippen LogP contribution in [0, 0.1) is 0 Å². The van der Waals surface area contributed by atoms with Gasteiger partial charge in [0, 0.05) is 45.1 Å². The number of esters is 1. The van der Waals surface area contributed by atoms with Crippen LogP contribution in [0.15, 0.2) is 64.3 Å². The number of hydrogen-bond acceptors (Lipinski definition) is 5. The lowest BCUT2D eigenvalue weighted by Gasteiger charge is -2.36. The molecule has 0 saturated carbocycles. The zero-order chi connectivity index (χ0) is 19.8. The van der Waals surface area contributed by atoms with E-state index in [1.165, 1.54) is 12.0 Å². The van der Waals surface area contributed by atoms with Gasteiger partial charge < -0.3 is 10.1 Å². The van der Waals surface area contributed by atoms with Gasteiger partial charge >= 0.3 is 5.97 Å². The maximum absolute atomic E-state index is 13.3. The van der Waals surface area contributed by atoms with Crippen LogP contribution in [-0.4, -0.2) is 18.9 Å². The number of allylic oxidation sites excluding steroid dienone is 3. The van der Waals surface area contributed by atoms with Gasteiger partial charge in [-0.1, -0.05) is 29.8 Å². The molecule has 144 valence electrons. The fraction of sp³-hybridized carbons (Fsp3) is 0.273. The van der Waals surface area contributed by atoms with E-state index >= 15 is 0 Å². The summed E-state index contributed by atoms with van der Waals surface area (Å²) in [5, 5.41) is 5.98. The number of carbonyl (C=O) groups excluding carboxylic acids is 2. The van der Waals surface area contributed by atoms with Gasteiger partial charge in [0.15, 0.2) is 5.78 Å². The van der Waals surface area contributed by atoms with Crippen LogP contribution in [0.4, 0.5) is 0 Å². The number of rotatable bonds is 3. The maximum atomic E-state index is 13.3. The minimum atomic E-state index is -0.447. The van der Waals surface area contributed by atoms with E-state index in [2.05, 4.69) is 11.4 Å². The van der Waals surface area contributed by atoms with Crippen molar-refractivity contribution in [3.8, 4) is 0 Å². The van der Waals surface area contributed by atoms with Gasteiger partial charge in [-0.3, -0.25) is 4.79 Å². The Morgan fingerprint density at radius 1 is 1.21 bits per heavy atom. The zero-order valence-electron chi connectivity index (χ0n) is 15.6. The van der Waals surface area contributed by atoms with E-state index in [4.69, 9.17) is 16.3 Å². The molecule has 0 radical (unpaired) electrons. The second-order valence-electron chi connectivity index (χ2n) is 7.08. The van der Waals surface area contributed by atoms with Crippen molar-refractivity contribution in [1.82, 2.24) is 5.32 Å². The van der Waals surface area contributed by atoms with E-state index in [0.717, 1.165) is 23.4 Å². The van der Waals surface area contributed by atoms with E-state index in [1.807, 2.05) is 30.5 Å². The third-order valence-corrected chi connectivity index (χ3v) is 6.67. The fourth-order valence-corrected chi connectivity index (χ4v) is 5.09. The minimum absolute atomic E-state index is 0.0704. The van der Waals surface area contributed by atoms with Crippen molar-refractivity contribution in [2.45, 2.75) is 31.6 Å². The predicted octanol–water partition coefficient (Wildman–Crippen LogP) is 4.94. The summed E-state index contributed by atoms with van der Waals surface area (Å²) in [6.07, 6.45) is 1.19. The molecule has 4 nitrogen and oxygen atoms in total. The number of Topliss-reactive ketones (excluding diaryl/α,β-unsaturated/α-hetero) is 1. The molecule has 0 spiro atoms. The molecule has 1 N–H and O–H groups in total. The number of benzene rings is 1. The summed E-state index contributed by atoms with van der Waals surface area (Å²) in [7, 11) is 1.36. The molecule has 1 aliphatic heterocycles. The second-order valence-corrected chi connectivity index (χ2v) is 8.49. The molecule has 0 bridgehead atoms. The molecule has 1 aromatic heterocycles. The number of carbonyl (C=O) groups is 2. The number of hydrogen-bond donors (Lipinski definition) is 1. The van der Waals surface area contributed by atoms with E-state index < -0.39 is 11.9 Å². The quantitative estimate of drug-likeness (QED) is 0.724. The topological polar surface area (TPSA) is 55.4 Å². The van der Waals surface area contributed by atoms with Crippen LogP contribution in [0.5, 0.6) is 0 Å². The second kappa shape index (κ2) is 7.57. The number of halogens is 1. The maximum Gasteiger partial charge on any atom is 0.336 e.